The summed E-state index contributed by atoms with van der Waals surface area (Å²) in [5.41, 5.74) is 1.30. The zero-order valence-electron chi connectivity index (χ0n) is 12.5. The van der Waals surface area contributed by atoms with Gasteiger partial charge in [-0.2, -0.15) is 0 Å². The highest BCUT2D eigenvalue weighted by atomic mass is 32.1. The van der Waals surface area contributed by atoms with Crippen molar-refractivity contribution in [3.63, 3.8) is 0 Å². The highest BCUT2D eigenvalue weighted by Gasteiger charge is 2.34. The van der Waals surface area contributed by atoms with Crippen LogP contribution in [-0.4, -0.2) is 47.3 Å². The number of piperidine rings is 1. The van der Waals surface area contributed by atoms with Crippen LogP contribution in [0, 0.1) is 0 Å². The minimum Gasteiger partial charge on any atom is -0.296 e. The van der Waals surface area contributed by atoms with Gasteiger partial charge in [0.15, 0.2) is 5.78 Å². The molecule has 3 nitrogen and oxygen atoms in total. The van der Waals surface area contributed by atoms with Gasteiger partial charge in [-0.25, -0.2) is 0 Å². The molecule has 0 unspecified atom stereocenters. The lowest BCUT2D eigenvalue weighted by Crippen LogP contribution is -2.61. The van der Waals surface area contributed by atoms with E-state index in [2.05, 4.69) is 28.2 Å². The van der Waals surface area contributed by atoms with Gasteiger partial charge in [-0.1, -0.05) is 6.42 Å². The molecule has 4 heteroatoms. The summed E-state index contributed by atoms with van der Waals surface area (Å²) in [5.74, 6) is 0.185. The molecule has 1 aromatic heterocycles. The van der Waals surface area contributed by atoms with Crippen LogP contribution in [0.2, 0.25) is 0 Å². The smallest absolute Gasteiger partial charge is 0.169 e. The number of likely N-dealkylation sites (tertiary alicyclic amines) is 2. The zero-order chi connectivity index (χ0) is 14.1. The van der Waals surface area contributed by atoms with Crippen molar-refractivity contribution in [2.45, 2.75) is 51.7 Å². The van der Waals surface area contributed by atoms with E-state index in [-0.39, 0.29) is 5.78 Å². The summed E-state index contributed by atoms with van der Waals surface area (Å²) < 4.78 is 0. The van der Waals surface area contributed by atoms with E-state index in [1.54, 1.807) is 18.3 Å². The van der Waals surface area contributed by atoms with Gasteiger partial charge < -0.3 is 0 Å². The maximum atomic E-state index is 11.3. The molecule has 110 valence electrons. The number of thiophene rings is 1. The molecule has 3 rings (SSSR count). The monoisotopic (exact) mass is 292 g/mol. The third-order valence-electron chi connectivity index (χ3n) is 4.67. The molecule has 2 fully saturated rings. The number of Topliss-reactive ketones (excluding diaryl/α,β-unsaturated/α-hetero) is 1. The Hall–Kier alpha value is -0.710. The summed E-state index contributed by atoms with van der Waals surface area (Å²) in [6, 6.07) is 3.58. The molecule has 1 aromatic rings. The standard InChI is InChI=1S/C16H24N2OS/c1-12-5-3-4-6-18(12)15-9-17(10-15)8-14-7-16(13(2)19)20-11-14/h7,11-12,15H,3-6,8-10H2,1-2H3/t12-/m1/s1. The van der Waals surface area contributed by atoms with Crippen molar-refractivity contribution in [2.24, 2.45) is 0 Å². The summed E-state index contributed by atoms with van der Waals surface area (Å²) >= 11 is 1.58. The maximum absolute atomic E-state index is 11.3. The second kappa shape index (κ2) is 5.96. The molecule has 2 aliphatic heterocycles. The van der Waals surface area contributed by atoms with Crippen LogP contribution in [0.25, 0.3) is 0 Å². The highest BCUT2D eigenvalue weighted by Crippen LogP contribution is 2.26. The van der Waals surface area contributed by atoms with E-state index in [9.17, 15) is 4.79 Å². The minimum absolute atomic E-state index is 0.185. The molecule has 3 heterocycles. The Morgan fingerprint density at radius 1 is 1.40 bits per heavy atom. The number of carbonyl (C=O) groups excluding carboxylic acids is 1. The second-order valence-electron chi connectivity index (χ2n) is 6.31. The van der Waals surface area contributed by atoms with Crippen molar-refractivity contribution in [2.75, 3.05) is 19.6 Å². The van der Waals surface area contributed by atoms with Gasteiger partial charge in [-0.05, 0) is 50.2 Å². The minimum atomic E-state index is 0.185. The van der Waals surface area contributed by atoms with Gasteiger partial charge in [-0.15, -0.1) is 11.3 Å². The molecule has 0 N–H and O–H groups in total. The fourth-order valence-corrected chi connectivity index (χ4v) is 4.25. The van der Waals surface area contributed by atoms with E-state index in [1.807, 2.05) is 0 Å². The molecule has 1 atom stereocenters. The summed E-state index contributed by atoms with van der Waals surface area (Å²) in [7, 11) is 0. The average Bonchev–Trinajstić information content (AvgIpc) is 2.83. The molecule has 0 amide bonds. The van der Waals surface area contributed by atoms with Crippen molar-refractivity contribution < 1.29 is 4.79 Å². The molecule has 20 heavy (non-hydrogen) atoms. The van der Waals surface area contributed by atoms with Crippen LogP contribution in [0.5, 0.6) is 0 Å². The summed E-state index contributed by atoms with van der Waals surface area (Å²) in [6.07, 6.45) is 4.13. The summed E-state index contributed by atoms with van der Waals surface area (Å²) in [4.78, 5) is 17.4. The third kappa shape index (κ3) is 2.97. The van der Waals surface area contributed by atoms with E-state index >= 15 is 0 Å². The molecule has 0 spiro atoms. The van der Waals surface area contributed by atoms with Gasteiger partial charge in [0.1, 0.15) is 0 Å². The SMILES string of the molecule is CC(=O)c1cc(CN2CC(N3CCCC[C@H]3C)C2)cs1. The van der Waals surface area contributed by atoms with Gasteiger partial charge >= 0.3 is 0 Å². The lowest BCUT2D eigenvalue weighted by atomic mass is 9.97. The highest BCUT2D eigenvalue weighted by molar-refractivity contribution is 7.12. The molecular formula is C16H24N2OS. The summed E-state index contributed by atoms with van der Waals surface area (Å²) in [6.45, 7) is 8.69. The molecule has 0 aliphatic carbocycles. The van der Waals surface area contributed by atoms with Crippen molar-refractivity contribution in [1.29, 1.82) is 0 Å². The first-order valence-electron chi connectivity index (χ1n) is 7.70. The van der Waals surface area contributed by atoms with Crippen molar-refractivity contribution >= 4 is 17.1 Å². The molecule has 0 aromatic carbocycles. The van der Waals surface area contributed by atoms with Gasteiger partial charge in [-0.3, -0.25) is 14.6 Å². The van der Waals surface area contributed by atoms with Crippen LogP contribution in [-0.2, 0) is 6.54 Å². The van der Waals surface area contributed by atoms with Crippen LogP contribution in [0.4, 0.5) is 0 Å². The number of ketones is 1. The predicted molar refractivity (Wildman–Crippen MR) is 83.4 cm³/mol. The lowest BCUT2D eigenvalue weighted by Gasteiger charge is -2.49. The van der Waals surface area contributed by atoms with E-state index in [1.165, 1.54) is 44.5 Å². The van der Waals surface area contributed by atoms with Gasteiger partial charge in [0.05, 0.1) is 4.88 Å². The Balaban J connectivity index is 1.49. The van der Waals surface area contributed by atoms with E-state index < -0.39 is 0 Å². The van der Waals surface area contributed by atoms with Crippen LogP contribution >= 0.6 is 11.3 Å². The average molecular weight is 292 g/mol. The number of nitrogens with zero attached hydrogens (tertiary/aromatic N) is 2. The second-order valence-corrected chi connectivity index (χ2v) is 7.22. The molecule has 2 saturated heterocycles. The van der Waals surface area contributed by atoms with Crippen LogP contribution in [0.3, 0.4) is 0 Å². The van der Waals surface area contributed by atoms with Gasteiger partial charge in [0.25, 0.3) is 0 Å². The van der Waals surface area contributed by atoms with E-state index in [0.29, 0.717) is 0 Å². The largest absolute Gasteiger partial charge is 0.296 e. The van der Waals surface area contributed by atoms with Gasteiger partial charge in [0, 0.05) is 31.7 Å². The lowest BCUT2D eigenvalue weighted by molar-refractivity contribution is -0.00615. The van der Waals surface area contributed by atoms with Crippen LogP contribution in [0.15, 0.2) is 11.4 Å². The van der Waals surface area contributed by atoms with Crippen LogP contribution in [0.1, 0.15) is 48.3 Å². The molecule has 2 aliphatic rings. The topological polar surface area (TPSA) is 23.6 Å². The Labute approximate surface area is 125 Å². The first-order valence-corrected chi connectivity index (χ1v) is 8.58. The predicted octanol–water partition coefficient (Wildman–Crippen LogP) is 3.01. The molecule has 0 radical (unpaired) electrons. The van der Waals surface area contributed by atoms with Crippen molar-refractivity contribution in [1.82, 2.24) is 9.80 Å². The number of rotatable bonds is 4. The number of hydrogen-bond donors (Lipinski definition) is 0. The normalized spacial score (nSPS) is 25.6. The third-order valence-corrected chi connectivity index (χ3v) is 5.75. The Kier molecular flexibility index (Phi) is 4.24. The summed E-state index contributed by atoms with van der Waals surface area (Å²) in [5, 5.41) is 2.13. The molecule has 0 bridgehead atoms. The quantitative estimate of drug-likeness (QED) is 0.797. The van der Waals surface area contributed by atoms with E-state index in [0.717, 1.165) is 23.5 Å². The Morgan fingerprint density at radius 2 is 2.20 bits per heavy atom. The Morgan fingerprint density at radius 3 is 2.85 bits per heavy atom. The van der Waals surface area contributed by atoms with E-state index in [4.69, 9.17) is 0 Å². The number of hydrogen-bond acceptors (Lipinski definition) is 4. The Bertz CT molecular complexity index is 479. The first-order chi connectivity index (χ1) is 9.63. The zero-order valence-corrected chi connectivity index (χ0v) is 13.3. The molecule has 0 saturated carbocycles. The first kappa shape index (κ1) is 14.2. The molecular weight excluding hydrogens is 268 g/mol. The van der Waals surface area contributed by atoms with Crippen molar-refractivity contribution in [3.05, 3.63) is 21.9 Å². The fourth-order valence-electron chi connectivity index (χ4n) is 3.45. The number of carbonyl (C=O) groups is 1. The fraction of sp³-hybridized carbons (Fsp3) is 0.688. The van der Waals surface area contributed by atoms with Gasteiger partial charge in [0.2, 0.25) is 0 Å². The van der Waals surface area contributed by atoms with Crippen molar-refractivity contribution in [3.8, 4) is 0 Å². The van der Waals surface area contributed by atoms with Crippen LogP contribution < -0.4 is 0 Å². The maximum Gasteiger partial charge on any atom is 0.169 e.